The summed E-state index contributed by atoms with van der Waals surface area (Å²) < 4.78 is 11.2. The zero-order valence-corrected chi connectivity index (χ0v) is 20.2. The van der Waals surface area contributed by atoms with Crippen molar-refractivity contribution in [3.8, 4) is 11.5 Å². The van der Waals surface area contributed by atoms with Crippen LogP contribution in [-0.4, -0.2) is 46.8 Å². The molecule has 0 saturated heterocycles. The van der Waals surface area contributed by atoms with E-state index in [1.165, 1.54) is 25.3 Å². The highest BCUT2D eigenvalue weighted by Crippen LogP contribution is 2.24. The maximum absolute atomic E-state index is 13.1. The lowest BCUT2D eigenvalue weighted by Crippen LogP contribution is -2.44. The van der Waals surface area contributed by atoms with Gasteiger partial charge in [0.2, 0.25) is 0 Å². The third kappa shape index (κ3) is 5.93. The number of nitrogens with two attached hydrogens (primary N) is 1. The fraction of sp³-hybridized carbons (Fsp3) is 0.280. The fourth-order valence-electron chi connectivity index (χ4n) is 3.54. The van der Waals surface area contributed by atoms with E-state index in [4.69, 9.17) is 15.2 Å². The predicted octanol–water partition coefficient (Wildman–Crippen LogP) is 1.73. The minimum atomic E-state index is -0.941. The molecule has 11 heteroatoms. The van der Waals surface area contributed by atoms with Gasteiger partial charge in [0, 0.05) is 12.6 Å². The molecular formula is C25H28N4O7. The predicted molar refractivity (Wildman–Crippen MR) is 133 cm³/mol. The van der Waals surface area contributed by atoms with Gasteiger partial charge in [0.25, 0.3) is 11.5 Å². The van der Waals surface area contributed by atoms with Crippen LogP contribution in [0.5, 0.6) is 11.5 Å². The first kappa shape index (κ1) is 26.1. The number of esters is 1. The molecule has 0 spiro atoms. The summed E-state index contributed by atoms with van der Waals surface area (Å²) in [6.45, 7) is 3.07. The van der Waals surface area contributed by atoms with Crippen LogP contribution in [0.1, 0.15) is 29.8 Å². The molecule has 2 aromatic carbocycles. The first-order chi connectivity index (χ1) is 17.1. The van der Waals surface area contributed by atoms with Crippen molar-refractivity contribution >= 4 is 23.4 Å². The minimum Gasteiger partial charge on any atom is -0.507 e. The molecule has 0 aliphatic heterocycles. The molecule has 0 radical (unpaired) electrons. The van der Waals surface area contributed by atoms with Crippen molar-refractivity contribution in [3.05, 3.63) is 80.5 Å². The summed E-state index contributed by atoms with van der Waals surface area (Å²) >= 11 is 0. The fourth-order valence-corrected chi connectivity index (χ4v) is 3.54. The number of methoxy groups -OCH3 is 1. The van der Waals surface area contributed by atoms with Gasteiger partial charge in [0.05, 0.1) is 13.7 Å². The van der Waals surface area contributed by atoms with Gasteiger partial charge in [0.15, 0.2) is 12.3 Å². The largest absolute Gasteiger partial charge is 0.507 e. The molecule has 0 aliphatic rings. The Labute approximate surface area is 206 Å². The van der Waals surface area contributed by atoms with E-state index in [-0.39, 0.29) is 41.8 Å². The number of phenolic OH excluding ortho intramolecular Hbond substituents is 1. The van der Waals surface area contributed by atoms with Crippen LogP contribution < -0.4 is 26.6 Å². The lowest BCUT2D eigenvalue weighted by Gasteiger charge is -2.26. The van der Waals surface area contributed by atoms with Crippen molar-refractivity contribution in [2.45, 2.75) is 20.4 Å². The summed E-state index contributed by atoms with van der Waals surface area (Å²) in [5.74, 6) is -2.00. The van der Waals surface area contributed by atoms with Gasteiger partial charge in [-0.3, -0.25) is 19.1 Å². The number of amides is 1. The van der Waals surface area contributed by atoms with Crippen molar-refractivity contribution in [1.82, 2.24) is 9.55 Å². The molecule has 0 atom stereocenters. The summed E-state index contributed by atoms with van der Waals surface area (Å²) in [7, 11) is 1.41. The van der Waals surface area contributed by atoms with Crippen LogP contribution in [-0.2, 0) is 16.1 Å². The number of ether oxygens (including phenoxy) is 2. The van der Waals surface area contributed by atoms with E-state index in [0.29, 0.717) is 5.75 Å². The number of H-pyrrole nitrogens is 1. The lowest BCUT2D eigenvalue weighted by molar-refractivity contribution is -0.121. The number of aromatic nitrogens is 2. The van der Waals surface area contributed by atoms with Crippen LogP contribution in [0.4, 0.5) is 11.5 Å². The Balaban J connectivity index is 1.90. The zero-order valence-electron chi connectivity index (χ0n) is 20.2. The molecule has 1 aromatic heterocycles. The van der Waals surface area contributed by atoms with E-state index < -0.39 is 29.7 Å². The molecule has 0 bridgehead atoms. The molecule has 4 N–H and O–H groups in total. The first-order valence-corrected chi connectivity index (χ1v) is 11.1. The van der Waals surface area contributed by atoms with Crippen LogP contribution in [0.3, 0.4) is 0 Å². The Morgan fingerprint density at radius 3 is 2.44 bits per heavy atom. The number of nitrogens with one attached hydrogen (secondary N) is 1. The summed E-state index contributed by atoms with van der Waals surface area (Å²) in [5.41, 5.74) is 5.07. The SMILES string of the molecule is COc1ccc(C(=O)OCC(=O)N(CC(C)C)c2c(N)n(Cc3ccccc3)c(=O)[nH]c2=O)c(O)c1. The second kappa shape index (κ2) is 11.3. The number of carbonyl (C=O) groups excluding carboxylic acids is 2. The first-order valence-electron chi connectivity index (χ1n) is 11.1. The monoisotopic (exact) mass is 496 g/mol. The topological polar surface area (TPSA) is 157 Å². The zero-order chi connectivity index (χ0) is 26.4. The summed E-state index contributed by atoms with van der Waals surface area (Å²) in [5, 5.41) is 10.0. The van der Waals surface area contributed by atoms with E-state index in [0.717, 1.165) is 15.0 Å². The highest BCUT2D eigenvalue weighted by atomic mass is 16.5. The molecule has 0 unspecified atom stereocenters. The average Bonchev–Trinajstić information content (AvgIpc) is 2.84. The van der Waals surface area contributed by atoms with Gasteiger partial charge >= 0.3 is 11.7 Å². The second-order valence-electron chi connectivity index (χ2n) is 8.42. The normalized spacial score (nSPS) is 10.8. The van der Waals surface area contributed by atoms with Gasteiger partial charge in [0.1, 0.15) is 22.9 Å². The number of hydrogen-bond donors (Lipinski definition) is 3. The molecule has 3 rings (SSSR count). The Morgan fingerprint density at radius 2 is 1.83 bits per heavy atom. The van der Waals surface area contributed by atoms with Crippen molar-refractivity contribution in [2.75, 3.05) is 30.9 Å². The van der Waals surface area contributed by atoms with Crippen LogP contribution >= 0.6 is 0 Å². The third-order valence-electron chi connectivity index (χ3n) is 5.27. The number of carbonyl (C=O) groups is 2. The lowest BCUT2D eigenvalue weighted by atomic mass is 10.2. The Kier molecular flexibility index (Phi) is 8.15. The number of hydrogen-bond acceptors (Lipinski definition) is 8. The van der Waals surface area contributed by atoms with Gasteiger partial charge < -0.3 is 25.2 Å². The molecule has 190 valence electrons. The highest BCUT2D eigenvalue weighted by Gasteiger charge is 2.26. The van der Waals surface area contributed by atoms with Crippen LogP contribution in [0.25, 0.3) is 0 Å². The summed E-state index contributed by atoms with van der Waals surface area (Å²) in [4.78, 5) is 54.2. The quantitative estimate of drug-likeness (QED) is 0.378. The van der Waals surface area contributed by atoms with Gasteiger partial charge in [-0.2, -0.15) is 0 Å². The Hall–Kier alpha value is -4.54. The number of phenols is 1. The molecular weight excluding hydrogens is 468 g/mol. The average molecular weight is 497 g/mol. The molecule has 0 aliphatic carbocycles. The number of nitrogens with zero attached hydrogens (tertiary/aromatic N) is 2. The Bertz CT molecular complexity index is 1360. The molecule has 1 amide bonds. The molecule has 3 aromatic rings. The molecule has 11 nitrogen and oxygen atoms in total. The minimum absolute atomic E-state index is 0.0704. The van der Waals surface area contributed by atoms with Crippen LogP contribution in [0.15, 0.2) is 58.1 Å². The summed E-state index contributed by atoms with van der Waals surface area (Å²) in [6, 6.07) is 13.0. The maximum atomic E-state index is 13.1. The second-order valence-corrected chi connectivity index (χ2v) is 8.42. The van der Waals surface area contributed by atoms with Gasteiger partial charge in [-0.15, -0.1) is 0 Å². The van der Waals surface area contributed by atoms with E-state index >= 15 is 0 Å². The Morgan fingerprint density at radius 1 is 1.14 bits per heavy atom. The smallest absolute Gasteiger partial charge is 0.342 e. The van der Waals surface area contributed by atoms with Crippen molar-refractivity contribution in [2.24, 2.45) is 5.92 Å². The summed E-state index contributed by atoms with van der Waals surface area (Å²) in [6.07, 6.45) is 0. The number of benzene rings is 2. The van der Waals surface area contributed by atoms with Crippen molar-refractivity contribution in [3.63, 3.8) is 0 Å². The van der Waals surface area contributed by atoms with E-state index in [1.54, 1.807) is 24.3 Å². The molecule has 1 heterocycles. The van der Waals surface area contributed by atoms with Crippen molar-refractivity contribution in [1.29, 1.82) is 0 Å². The van der Waals surface area contributed by atoms with E-state index in [2.05, 4.69) is 4.98 Å². The number of aromatic hydroxyl groups is 1. The van der Waals surface area contributed by atoms with Gasteiger partial charge in [-0.1, -0.05) is 44.2 Å². The number of rotatable bonds is 9. The standard InChI is InChI=1S/C25H28N4O7/c1-15(2)12-28(20(31)14-36-24(33)18-10-9-17(35-3)11-19(18)30)21-22(26)29(25(34)27-23(21)32)13-16-7-5-4-6-8-16/h4-11,15,30H,12-14,26H2,1-3H3,(H,27,32,34). The van der Waals surface area contributed by atoms with E-state index in [1.807, 2.05) is 19.9 Å². The number of anilines is 2. The molecule has 0 saturated carbocycles. The highest BCUT2D eigenvalue weighted by molar-refractivity contribution is 5.99. The maximum Gasteiger partial charge on any atom is 0.342 e. The van der Waals surface area contributed by atoms with Crippen molar-refractivity contribution < 1.29 is 24.2 Å². The van der Waals surface area contributed by atoms with Gasteiger partial charge in [-0.25, -0.2) is 9.59 Å². The molecule has 0 fully saturated rings. The molecule has 36 heavy (non-hydrogen) atoms. The van der Waals surface area contributed by atoms with Crippen LogP contribution in [0, 0.1) is 5.92 Å². The van der Waals surface area contributed by atoms with E-state index in [9.17, 15) is 24.3 Å². The van der Waals surface area contributed by atoms with Crippen LogP contribution in [0.2, 0.25) is 0 Å². The number of nitrogen functional groups attached to an aromatic ring is 1. The third-order valence-corrected chi connectivity index (χ3v) is 5.27. The van der Waals surface area contributed by atoms with Gasteiger partial charge in [-0.05, 0) is 23.6 Å². The number of aromatic amines is 1.